The van der Waals surface area contributed by atoms with Crippen molar-refractivity contribution in [1.29, 1.82) is 0 Å². The van der Waals surface area contributed by atoms with E-state index in [1.165, 1.54) is 6.42 Å². The molecule has 64 valence electrons. The van der Waals surface area contributed by atoms with E-state index in [2.05, 4.69) is 5.32 Å². The molecule has 2 fully saturated rings. The number of alkyl halides is 1. The largest absolute Gasteiger partial charge is 0.316 e. The van der Waals surface area contributed by atoms with E-state index < -0.39 is 6.17 Å². The van der Waals surface area contributed by atoms with Gasteiger partial charge in [0.2, 0.25) is 0 Å². The van der Waals surface area contributed by atoms with Gasteiger partial charge in [-0.15, -0.1) is 0 Å². The van der Waals surface area contributed by atoms with Crippen LogP contribution in [-0.4, -0.2) is 19.3 Å². The van der Waals surface area contributed by atoms with Crippen LogP contribution in [0.2, 0.25) is 0 Å². The minimum absolute atomic E-state index is 0.334. The van der Waals surface area contributed by atoms with E-state index in [0.717, 1.165) is 32.4 Å². The summed E-state index contributed by atoms with van der Waals surface area (Å²) in [5.41, 5.74) is 0. The van der Waals surface area contributed by atoms with E-state index >= 15 is 0 Å². The zero-order valence-corrected chi connectivity index (χ0v) is 6.85. The van der Waals surface area contributed by atoms with Crippen molar-refractivity contribution in [2.75, 3.05) is 13.1 Å². The van der Waals surface area contributed by atoms with Crippen LogP contribution in [-0.2, 0) is 0 Å². The second-order valence-electron chi connectivity index (χ2n) is 3.89. The van der Waals surface area contributed by atoms with Crippen LogP contribution < -0.4 is 5.32 Å². The molecule has 1 aliphatic heterocycles. The van der Waals surface area contributed by atoms with Crippen molar-refractivity contribution in [2.45, 2.75) is 31.9 Å². The number of hydrogen-bond acceptors (Lipinski definition) is 1. The summed E-state index contributed by atoms with van der Waals surface area (Å²) in [6.07, 6.45) is 4.08. The Morgan fingerprint density at radius 3 is 2.45 bits per heavy atom. The van der Waals surface area contributed by atoms with Gasteiger partial charge in [0.05, 0.1) is 0 Å². The first-order chi connectivity index (χ1) is 5.38. The summed E-state index contributed by atoms with van der Waals surface area (Å²) in [5.74, 6) is 0.750. The molecule has 1 heterocycles. The third-order valence-corrected chi connectivity index (χ3v) is 3.15. The van der Waals surface area contributed by atoms with Gasteiger partial charge in [-0.1, -0.05) is 6.42 Å². The highest BCUT2D eigenvalue weighted by Crippen LogP contribution is 2.36. The first-order valence-electron chi connectivity index (χ1n) is 4.72. The van der Waals surface area contributed by atoms with Crippen LogP contribution in [0.3, 0.4) is 0 Å². The van der Waals surface area contributed by atoms with Crippen LogP contribution in [0.1, 0.15) is 25.7 Å². The summed E-state index contributed by atoms with van der Waals surface area (Å²) >= 11 is 0. The van der Waals surface area contributed by atoms with Gasteiger partial charge in [0.25, 0.3) is 0 Å². The Morgan fingerprint density at radius 1 is 1.18 bits per heavy atom. The lowest BCUT2D eigenvalue weighted by Crippen LogP contribution is -2.31. The van der Waals surface area contributed by atoms with Crippen LogP contribution in [0.4, 0.5) is 4.39 Å². The molecule has 1 saturated carbocycles. The van der Waals surface area contributed by atoms with Gasteiger partial charge in [-0.2, -0.15) is 0 Å². The van der Waals surface area contributed by atoms with E-state index in [1.807, 2.05) is 0 Å². The molecule has 2 atom stereocenters. The number of hydrogen-bond donors (Lipinski definition) is 1. The molecule has 0 amide bonds. The molecule has 2 unspecified atom stereocenters. The molecule has 0 spiro atoms. The van der Waals surface area contributed by atoms with Gasteiger partial charge in [-0.25, -0.2) is 4.39 Å². The summed E-state index contributed by atoms with van der Waals surface area (Å²) in [6.45, 7) is 1.94. The Hall–Kier alpha value is -0.110. The van der Waals surface area contributed by atoms with Crippen molar-refractivity contribution < 1.29 is 4.39 Å². The highest BCUT2D eigenvalue weighted by atomic mass is 19.1. The molecule has 1 N–H and O–H groups in total. The Morgan fingerprint density at radius 2 is 2.00 bits per heavy atom. The van der Waals surface area contributed by atoms with Crippen LogP contribution in [0.25, 0.3) is 0 Å². The lowest BCUT2D eigenvalue weighted by molar-refractivity contribution is 0.101. The van der Waals surface area contributed by atoms with Gasteiger partial charge in [0.15, 0.2) is 0 Å². The minimum atomic E-state index is -0.501. The van der Waals surface area contributed by atoms with E-state index in [1.54, 1.807) is 0 Å². The fourth-order valence-corrected chi connectivity index (χ4v) is 2.09. The predicted octanol–water partition coefficient (Wildman–Crippen LogP) is 1.73. The summed E-state index contributed by atoms with van der Waals surface area (Å²) in [5, 5.41) is 3.22. The molecule has 1 saturated heterocycles. The fourth-order valence-electron chi connectivity index (χ4n) is 2.09. The first-order valence-corrected chi connectivity index (χ1v) is 4.72. The molecule has 0 radical (unpaired) electrons. The second kappa shape index (κ2) is 3.10. The second-order valence-corrected chi connectivity index (χ2v) is 3.89. The molecule has 2 rings (SSSR count). The molecule has 0 aromatic carbocycles. The van der Waals surface area contributed by atoms with Crippen molar-refractivity contribution in [1.82, 2.24) is 5.32 Å². The third kappa shape index (κ3) is 1.41. The quantitative estimate of drug-likeness (QED) is 0.643. The summed E-state index contributed by atoms with van der Waals surface area (Å²) in [6, 6.07) is 0. The maximum absolute atomic E-state index is 13.5. The number of halogens is 1. The molecular weight excluding hydrogens is 141 g/mol. The Kier molecular flexibility index (Phi) is 2.12. The smallest absolute Gasteiger partial charge is 0.107 e. The van der Waals surface area contributed by atoms with Crippen LogP contribution >= 0.6 is 0 Å². The normalized spacial score (nSPS) is 35.2. The summed E-state index contributed by atoms with van der Waals surface area (Å²) < 4.78 is 13.5. The van der Waals surface area contributed by atoms with E-state index in [9.17, 15) is 4.39 Å². The molecule has 0 aromatic heterocycles. The molecule has 0 aromatic rings. The van der Waals surface area contributed by atoms with E-state index in [-0.39, 0.29) is 0 Å². The Bertz CT molecular complexity index is 128. The van der Waals surface area contributed by atoms with Gasteiger partial charge >= 0.3 is 0 Å². The maximum Gasteiger partial charge on any atom is 0.107 e. The first kappa shape index (κ1) is 7.53. The molecular formula is C9H16FN. The lowest BCUT2D eigenvalue weighted by atomic mass is 9.77. The molecule has 2 heteroatoms. The van der Waals surface area contributed by atoms with Gasteiger partial charge in [-0.3, -0.25) is 0 Å². The highest BCUT2D eigenvalue weighted by Gasteiger charge is 2.34. The average Bonchev–Trinajstić information content (AvgIpc) is 2.32. The zero-order valence-electron chi connectivity index (χ0n) is 6.85. The number of nitrogens with one attached hydrogen (secondary N) is 1. The predicted molar refractivity (Wildman–Crippen MR) is 43.2 cm³/mol. The average molecular weight is 157 g/mol. The Labute approximate surface area is 67.4 Å². The van der Waals surface area contributed by atoms with E-state index in [0.29, 0.717) is 11.8 Å². The molecule has 11 heavy (non-hydrogen) atoms. The maximum atomic E-state index is 13.5. The minimum Gasteiger partial charge on any atom is -0.316 e. The van der Waals surface area contributed by atoms with Crippen LogP contribution in [0.5, 0.6) is 0 Å². The third-order valence-electron chi connectivity index (χ3n) is 3.15. The standard InChI is InChI=1S/C9H16FN/c10-9(7-2-1-3-7)8-4-5-11-6-8/h7-9,11H,1-6H2. The fraction of sp³-hybridized carbons (Fsp3) is 1.00. The van der Waals surface area contributed by atoms with E-state index in [4.69, 9.17) is 0 Å². The van der Waals surface area contributed by atoms with Crippen LogP contribution in [0, 0.1) is 11.8 Å². The lowest BCUT2D eigenvalue weighted by Gasteiger charge is -2.31. The van der Waals surface area contributed by atoms with Crippen molar-refractivity contribution in [3.63, 3.8) is 0 Å². The van der Waals surface area contributed by atoms with Gasteiger partial charge in [0.1, 0.15) is 6.17 Å². The molecule has 1 nitrogen and oxygen atoms in total. The van der Waals surface area contributed by atoms with Gasteiger partial charge in [0, 0.05) is 12.5 Å². The Balaban J connectivity index is 1.82. The van der Waals surface area contributed by atoms with Gasteiger partial charge in [-0.05, 0) is 31.7 Å². The van der Waals surface area contributed by atoms with Crippen molar-refractivity contribution >= 4 is 0 Å². The molecule has 2 aliphatic rings. The monoisotopic (exact) mass is 157 g/mol. The molecule has 1 aliphatic carbocycles. The summed E-state index contributed by atoms with van der Waals surface area (Å²) in [4.78, 5) is 0. The topological polar surface area (TPSA) is 12.0 Å². The summed E-state index contributed by atoms with van der Waals surface area (Å²) in [7, 11) is 0. The SMILES string of the molecule is FC(C1CCC1)C1CCNC1. The van der Waals surface area contributed by atoms with Crippen LogP contribution in [0.15, 0.2) is 0 Å². The zero-order chi connectivity index (χ0) is 7.68. The number of rotatable bonds is 2. The van der Waals surface area contributed by atoms with Gasteiger partial charge < -0.3 is 5.32 Å². The highest BCUT2D eigenvalue weighted by molar-refractivity contribution is 4.86. The van der Waals surface area contributed by atoms with Crippen molar-refractivity contribution in [3.8, 4) is 0 Å². The van der Waals surface area contributed by atoms with Crippen molar-refractivity contribution in [3.05, 3.63) is 0 Å². The molecule has 0 bridgehead atoms. The van der Waals surface area contributed by atoms with Crippen molar-refractivity contribution in [2.24, 2.45) is 11.8 Å².